The van der Waals surface area contributed by atoms with E-state index < -0.39 is 5.82 Å². The molecule has 0 spiro atoms. The Morgan fingerprint density at radius 3 is 2.73 bits per heavy atom. The molecule has 7 heteroatoms. The van der Waals surface area contributed by atoms with Crippen molar-refractivity contribution in [3.63, 3.8) is 0 Å². The second-order valence-corrected chi connectivity index (χ2v) is 6.76. The number of anilines is 1. The molecule has 1 amide bonds. The Labute approximate surface area is 154 Å². The SMILES string of the molecule is Cc1ccc(-c2nc(C3CC(=O)N(c4ccc(Cl)cc4F)C3)no2)cc1. The minimum absolute atomic E-state index is 0.182. The first-order chi connectivity index (χ1) is 12.5. The van der Waals surface area contributed by atoms with E-state index in [1.807, 2.05) is 31.2 Å². The third kappa shape index (κ3) is 3.08. The summed E-state index contributed by atoms with van der Waals surface area (Å²) in [5.74, 6) is -0.104. The van der Waals surface area contributed by atoms with E-state index in [1.165, 1.54) is 17.0 Å². The number of carbonyl (C=O) groups is 1. The lowest BCUT2D eigenvalue weighted by Gasteiger charge is -2.17. The topological polar surface area (TPSA) is 59.2 Å². The van der Waals surface area contributed by atoms with Crippen molar-refractivity contribution in [2.24, 2.45) is 0 Å². The number of rotatable bonds is 3. The van der Waals surface area contributed by atoms with E-state index in [1.54, 1.807) is 6.07 Å². The largest absolute Gasteiger partial charge is 0.334 e. The number of amides is 1. The Morgan fingerprint density at radius 1 is 1.23 bits per heavy atom. The second-order valence-electron chi connectivity index (χ2n) is 6.32. The molecule has 1 aliphatic rings. The summed E-state index contributed by atoms with van der Waals surface area (Å²) >= 11 is 5.78. The highest BCUT2D eigenvalue weighted by molar-refractivity contribution is 6.30. The van der Waals surface area contributed by atoms with Gasteiger partial charge in [-0.2, -0.15) is 4.98 Å². The molecule has 1 aliphatic heterocycles. The first kappa shape index (κ1) is 16.7. The van der Waals surface area contributed by atoms with Crippen LogP contribution in [0.2, 0.25) is 5.02 Å². The van der Waals surface area contributed by atoms with Gasteiger partial charge in [-0.1, -0.05) is 34.5 Å². The summed E-state index contributed by atoms with van der Waals surface area (Å²) in [6.45, 7) is 2.29. The molecule has 0 bridgehead atoms. The zero-order valence-electron chi connectivity index (χ0n) is 13.9. The summed E-state index contributed by atoms with van der Waals surface area (Å²) in [7, 11) is 0. The molecule has 1 unspecified atom stereocenters. The van der Waals surface area contributed by atoms with E-state index in [0.717, 1.165) is 11.1 Å². The molecule has 1 saturated heterocycles. The molecular weight excluding hydrogens is 357 g/mol. The van der Waals surface area contributed by atoms with Gasteiger partial charge in [0.15, 0.2) is 5.82 Å². The van der Waals surface area contributed by atoms with Crippen LogP contribution in [0.4, 0.5) is 10.1 Å². The number of benzene rings is 2. The van der Waals surface area contributed by atoms with Gasteiger partial charge < -0.3 is 9.42 Å². The van der Waals surface area contributed by atoms with Gasteiger partial charge in [0, 0.05) is 29.5 Å². The highest BCUT2D eigenvalue weighted by atomic mass is 35.5. The van der Waals surface area contributed by atoms with Crippen molar-refractivity contribution >= 4 is 23.2 Å². The van der Waals surface area contributed by atoms with Crippen LogP contribution in [0, 0.1) is 12.7 Å². The van der Waals surface area contributed by atoms with Crippen LogP contribution in [0.25, 0.3) is 11.5 Å². The van der Waals surface area contributed by atoms with Crippen LogP contribution >= 0.6 is 11.6 Å². The van der Waals surface area contributed by atoms with Gasteiger partial charge in [-0.25, -0.2) is 4.39 Å². The minimum Gasteiger partial charge on any atom is -0.334 e. The van der Waals surface area contributed by atoms with Crippen molar-refractivity contribution in [2.75, 3.05) is 11.4 Å². The molecule has 132 valence electrons. The summed E-state index contributed by atoms with van der Waals surface area (Å²) in [6, 6.07) is 12.0. The van der Waals surface area contributed by atoms with E-state index >= 15 is 0 Å². The molecule has 1 aromatic heterocycles. The summed E-state index contributed by atoms with van der Waals surface area (Å²) < 4.78 is 19.5. The van der Waals surface area contributed by atoms with Gasteiger partial charge in [0.25, 0.3) is 5.89 Å². The highest BCUT2D eigenvalue weighted by Gasteiger charge is 2.35. The number of carbonyl (C=O) groups excluding carboxylic acids is 1. The van der Waals surface area contributed by atoms with Crippen molar-refractivity contribution in [1.29, 1.82) is 0 Å². The summed E-state index contributed by atoms with van der Waals surface area (Å²) in [4.78, 5) is 18.2. The van der Waals surface area contributed by atoms with Crippen LogP contribution in [-0.2, 0) is 4.79 Å². The third-order valence-electron chi connectivity index (χ3n) is 4.43. The summed E-state index contributed by atoms with van der Waals surface area (Å²) in [5.41, 5.74) is 2.17. The maximum absolute atomic E-state index is 14.1. The number of aromatic nitrogens is 2. The van der Waals surface area contributed by atoms with Crippen molar-refractivity contribution in [1.82, 2.24) is 10.1 Å². The van der Waals surface area contributed by atoms with Gasteiger partial charge in [0.1, 0.15) is 5.82 Å². The number of hydrogen-bond donors (Lipinski definition) is 0. The molecule has 1 atom stereocenters. The monoisotopic (exact) mass is 371 g/mol. The van der Waals surface area contributed by atoms with Crippen LogP contribution < -0.4 is 4.90 Å². The fourth-order valence-electron chi connectivity index (χ4n) is 3.03. The average molecular weight is 372 g/mol. The standard InChI is InChI=1S/C19H15ClFN3O2/c1-11-2-4-12(5-3-11)19-22-18(23-26-19)13-8-17(25)24(10-13)16-7-6-14(20)9-15(16)21/h2-7,9,13H,8,10H2,1H3. The molecule has 0 saturated carbocycles. The van der Waals surface area contributed by atoms with E-state index in [4.69, 9.17) is 16.1 Å². The van der Waals surface area contributed by atoms with Gasteiger partial charge in [-0.15, -0.1) is 0 Å². The Bertz CT molecular complexity index is 971. The second kappa shape index (κ2) is 6.53. The molecular formula is C19H15ClFN3O2. The minimum atomic E-state index is -0.528. The fraction of sp³-hybridized carbons (Fsp3) is 0.211. The molecule has 0 aliphatic carbocycles. The maximum Gasteiger partial charge on any atom is 0.257 e. The molecule has 0 radical (unpaired) electrons. The number of nitrogens with zero attached hydrogens (tertiary/aromatic N) is 3. The zero-order chi connectivity index (χ0) is 18.3. The number of hydrogen-bond acceptors (Lipinski definition) is 4. The number of halogens is 2. The Morgan fingerprint density at radius 2 is 2.00 bits per heavy atom. The summed E-state index contributed by atoms with van der Waals surface area (Å²) in [6.07, 6.45) is 0.203. The lowest BCUT2D eigenvalue weighted by atomic mass is 10.1. The van der Waals surface area contributed by atoms with Crippen LogP contribution in [0.15, 0.2) is 47.0 Å². The Hall–Kier alpha value is -2.73. The Kier molecular flexibility index (Phi) is 4.20. The first-order valence-corrected chi connectivity index (χ1v) is 8.55. The fourth-order valence-corrected chi connectivity index (χ4v) is 3.19. The molecule has 2 aromatic carbocycles. The molecule has 0 N–H and O–H groups in total. The van der Waals surface area contributed by atoms with Gasteiger partial charge in [-0.05, 0) is 37.3 Å². The molecule has 3 aromatic rings. The smallest absolute Gasteiger partial charge is 0.257 e. The van der Waals surface area contributed by atoms with Crippen molar-refractivity contribution in [2.45, 2.75) is 19.3 Å². The Balaban J connectivity index is 1.56. The van der Waals surface area contributed by atoms with Crippen LogP contribution in [0.1, 0.15) is 23.7 Å². The van der Waals surface area contributed by atoms with Gasteiger partial charge in [-0.3, -0.25) is 4.79 Å². The van der Waals surface area contributed by atoms with Gasteiger partial charge >= 0.3 is 0 Å². The lowest BCUT2D eigenvalue weighted by molar-refractivity contribution is -0.117. The highest BCUT2D eigenvalue weighted by Crippen LogP contribution is 2.33. The molecule has 4 rings (SSSR count). The van der Waals surface area contributed by atoms with Crippen LogP contribution in [0.5, 0.6) is 0 Å². The zero-order valence-corrected chi connectivity index (χ0v) is 14.7. The number of aryl methyl sites for hydroxylation is 1. The third-order valence-corrected chi connectivity index (χ3v) is 4.67. The average Bonchev–Trinajstić information content (AvgIpc) is 3.23. The van der Waals surface area contributed by atoms with Gasteiger partial charge in [0.2, 0.25) is 5.91 Å². The van der Waals surface area contributed by atoms with E-state index in [9.17, 15) is 9.18 Å². The first-order valence-electron chi connectivity index (χ1n) is 8.17. The van der Waals surface area contributed by atoms with E-state index in [0.29, 0.717) is 18.3 Å². The van der Waals surface area contributed by atoms with Gasteiger partial charge in [0.05, 0.1) is 5.69 Å². The van der Waals surface area contributed by atoms with Crippen LogP contribution in [-0.4, -0.2) is 22.6 Å². The molecule has 1 fully saturated rings. The van der Waals surface area contributed by atoms with Crippen molar-refractivity contribution in [3.05, 3.63) is 64.7 Å². The van der Waals surface area contributed by atoms with Crippen molar-refractivity contribution < 1.29 is 13.7 Å². The normalized spacial score (nSPS) is 17.1. The molecule has 2 heterocycles. The predicted octanol–water partition coefficient (Wildman–Crippen LogP) is 4.36. The summed E-state index contributed by atoms with van der Waals surface area (Å²) in [5, 5.41) is 4.30. The molecule has 26 heavy (non-hydrogen) atoms. The van der Waals surface area contributed by atoms with E-state index in [2.05, 4.69) is 10.1 Å². The molecule has 5 nitrogen and oxygen atoms in total. The van der Waals surface area contributed by atoms with Crippen LogP contribution in [0.3, 0.4) is 0 Å². The van der Waals surface area contributed by atoms with Crippen molar-refractivity contribution in [3.8, 4) is 11.5 Å². The predicted molar refractivity (Wildman–Crippen MR) is 95.6 cm³/mol. The lowest BCUT2D eigenvalue weighted by Crippen LogP contribution is -2.25. The van der Waals surface area contributed by atoms with E-state index in [-0.39, 0.29) is 29.0 Å². The maximum atomic E-state index is 14.1. The quantitative estimate of drug-likeness (QED) is 0.686.